The van der Waals surface area contributed by atoms with Crippen molar-refractivity contribution in [3.8, 4) is 0 Å². The zero-order valence-corrected chi connectivity index (χ0v) is 6.44. The Morgan fingerprint density at radius 3 is 2.67 bits per heavy atom. The minimum atomic E-state index is -0.517. The maximum absolute atomic E-state index is 10.5. The van der Waals surface area contributed by atoms with E-state index in [1.807, 2.05) is 6.92 Å². The zero-order valence-electron chi connectivity index (χ0n) is 5.69. The molecular formula is C6H11ClO2. The van der Waals surface area contributed by atoms with Gasteiger partial charge in [0.05, 0.1) is 6.61 Å². The second kappa shape index (κ2) is 4.62. The predicted molar refractivity (Wildman–Crippen MR) is 36.6 cm³/mol. The maximum Gasteiger partial charge on any atom is 0.323 e. The molecule has 0 fully saturated rings. The van der Waals surface area contributed by atoms with Gasteiger partial charge in [-0.05, 0) is 13.3 Å². The number of ether oxygens (including phenoxy) is 1. The lowest BCUT2D eigenvalue weighted by Crippen LogP contribution is -2.14. The van der Waals surface area contributed by atoms with Crippen molar-refractivity contribution in [2.24, 2.45) is 0 Å². The highest BCUT2D eigenvalue weighted by Gasteiger charge is 2.08. The Kier molecular flexibility index (Phi) is 4.50. The van der Waals surface area contributed by atoms with E-state index < -0.39 is 5.38 Å². The summed E-state index contributed by atoms with van der Waals surface area (Å²) in [6.45, 7) is 4.00. The number of alkyl halides is 1. The molecule has 0 N–H and O–H groups in total. The van der Waals surface area contributed by atoms with Gasteiger partial charge in [-0.15, -0.1) is 11.6 Å². The van der Waals surface area contributed by atoms with Crippen LogP contribution in [0.2, 0.25) is 0 Å². The van der Waals surface area contributed by atoms with Gasteiger partial charge in [-0.25, -0.2) is 0 Å². The van der Waals surface area contributed by atoms with Crippen LogP contribution in [0.3, 0.4) is 0 Å². The van der Waals surface area contributed by atoms with Crippen LogP contribution in [0.25, 0.3) is 0 Å². The molecule has 54 valence electrons. The molecule has 0 aliphatic heterocycles. The van der Waals surface area contributed by atoms with Crippen LogP contribution in [0.4, 0.5) is 0 Å². The first-order valence-electron chi connectivity index (χ1n) is 2.99. The standard InChI is InChI=1S/C6H11ClO2/c1-3-4-9-6(8)5(2)7/h5H,3-4H2,1-2H3/t5-/m1/s1. The first-order valence-corrected chi connectivity index (χ1v) is 3.42. The summed E-state index contributed by atoms with van der Waals surface area (Å²) >= 11 is 5.39. The highest BCUT2D eigenvalue weighted by atomic mass is 35.5. The number of esters is 1. The monoisotopic (exact) mass is 150 g/mol. The van der Waals surface area contributed by atoms with Crippen molar-refractivity contribution in [2.45, 2.75) is 25.6 Å². The molecule has 2 nitrogen and oxygen atoms in total. The van der Waals surface area contributed by atoms with Crippen LogP contribution in [-0.4, -0.2) is 18.0 Å². The third kappa shape index (κ3) is 4.28. The van der Waals surface area contributed by atoms with Crippen LogP contribution in [0.5, 0.6) is 0 Å². The van der Waals surface area contributed by atoms with Crippen molar-refractivity contribution >= 4 is 17.6 Å². The van der Waals surface area contributed by atoms with E-state index in [2.05, 4.69) is 4.74 Å². The number of halogens is 1. The summed E-state index contributed by atoms with van der Waals surface area (Å²) in [7, 11) is 0. The van der Waals surface area contributed by atoms with Crippen LogP contribution in [0.15, 0.2) is 0 Å². The van der Waals surface area contributed by atoms with Crippen molar-refractivity contribution in [3.63, 3.8) is 0 Å². The van der Waals surface area contributed by atoms with E-state index in [1.165, 1.54) is 0 Å². The SMILES string of the molecule is CCCOC(=O)[C@@H](C)Cl. The molecule has 1 atom stereocenters. The van der Waals surface area contributed by atoms with E-state index in [0.717, 1.165) is 6.42 Å². The molecule has 0 aromatic rings. The molecule has 0 amide bonds. The Labute approximate surface area is 60.1 Å². The summed E-state index contributed by atoms with van der Waals surface area (Å²) in [5.41, 5.74) is 0. The summed E-state index contributed by atoms with van der Waals surface area (Å²) in [4.78, 5) is 10.5. The number of hydrogen-bond acceptors (Lipinski definition) is 2. The normalized spacial score (nSPS) is 12.8. The zero-order chi connectivity index (χ0) is 7.28. The number of carbonyl (C=O) groups excluding carboxylic acids is 1. The predicted octanol–water partition coefficient (Wildman–Crippen LogP) is 1.57. The minimum absolute atomic E-state index is 0.335. The van der Waals surface area contributed by atoms with Crippen LogP contribution >= 0.6 is 11.6 Å². The lowest BCUT2D eigenvalue weighted by Gasteiger charge is -2.02. The molecular weight excluding hydrogens is 140 g/mol. The minimum Gasteiger partial charge on any atom is -0.465 e. The van der Waals surface area contributed by atoms with Gasteiger partial charge in [-0.3, -0.25) is 4.79 Å². The largest absolute Gasteiger partial charge is 0.465 e. The molecule has 0 bridgehead atoms. The Bertz CT molecular complexity index is 91.1. The van der Waals surface area contributed by atoms with E-state index in [-0.39, 0.29) is 5.97 Å². The molecule has 9 heavy (non-hydrogen) atoms. The molecule has 0 spiro atoms. The average Bonchev–Trinajstić information content (AvgIpc) is 1.82. The van der Waals surface area contributed by atoms with Gasteiger partial charge >= 0.3 is 5.97 Å². The van der Waals surface area contributed by atoms with Crippen LogP contribution in [0, 0.1) is 0 Å². The molecule has 0 radical (unpaired) electrons. The van der Waals surface area contributed by atoms with E-state index in [9.17, 15) is 4.79 Å². The summed E-state index contributed by atoms with van der Waals surface area (Å²) in [5, 5.41) is -0.517. The van der Waals surface area contributed by atoms with Gasteiger partial charge in [0.25, 0.3) is 0 Å². The fraction of sp³-hybridized carbons (Fsp3) is 0.833. The van der Waals surface area contributed by atoms with Gasteiger partial charge in [-0.2, -0.15) is 0 Å². The Morgan fingerprint density at radius 2 is 2.33 bits per heavy atom. The number of rotatable bonds is 3. The summed E-state index contributed by atoms with van der Waals surface area (Å²) < 4.78 is 4.68. The second-order valence-corrected chi connectivity index (χ2v) is 2.44. The molecule has 0 saturated carbocycles. The van der Waals surface area contributed by atoms with E-state index in [0.29, 0.717) is 6.61 Å². The summed E-state index contributed by atoms with van der Waals surface area (Å²) in [6, 6.07) is 0. The third-order valence-electron chi connectivity index (χ3n) is 0.773. The van der Waals surface area contributed by atoms with Crippen LogP contribution in [-0.2, 0) is 9.53 Å². The summed E-state index contributed by atoms with van der Waals surface area (Å²) in [6.07, 6.45) is 0.843. The molecule has 0 aromatic heterocycles. The third-order valence-corrected chi connectivity index (χ3v) is 0.951. The van der Waals surface area contributed by atoms with Crippen LogP contribution < -0.4 is 0 Å². The first kappa shape index (κ1) is 8.76. The van der Waals surface area contributed by atoms with Crippen molar-refractivity contribution in [1.29, 1.82) is 0 Å². The Hall–Kier alpha value is -0.240. The maximum atomic E-state index is 10.5. The van der Waals surface area contributed by atoms with Crippen molar-refractivity contribution < 1.29 is 9.53 Å². The molecule has 0 saturated heterocycles. The molecule has 3 heteroatoms. The van der Waals surface area contributed by atoms with Crippen LogP contribution in [0.1, 0.15) is 20.3 Å². The van der Waals surface area contributed by atoms with Crippen molar-refractivity contribution in [1.82, 2.24) is 0 Å². The lowest BCUT2D eigenvalue weighted by molar-refractivity contribution is -0.142. The smallest absolute Gasteiger partial charge is 0.323 e. The fourth-order valence-corrected chi connectivity index (χ4v) is 0.380. The Morgan fingerprint density at radius 1 is 1.78 bits per heavy atom. The quantitative estimate of drug-likeness (QED) is 0.451. The van der Waals surface area contributed by atoms with Crippen molar-refractivity contribution in [2.75, 3.05) is 6.61 Å². The number of carbonyl (C=O) groups is 1. The highest BCUT2D eigenvalue weighted by Crippen LogP contribution is 1.96. The van der Waals surface area contributed by atoms with Gasteiger partial charge in [0.15, 0.2) is 0 Å². The first-order chi connectivity index (χ1) is 4.18. The van der Waals surface area contributed by atoms with Gasteiger partial charge in [0, 0.05) is 0 Å². The lowest BCUT2D eigenvalue weighted by atomic mass is 10.5. The van der Waals surface area contributed by atoms with E-state index in [4.69, 9.17) is 11.6 Å². The highest BCUT2D eigenvalue weighted by molar-refractivity contribution is 6.29. The van der Waals surface area contributed by atoms with E-state index >= 15 is 0 Å². The molecule has 0 aliphatic carbocycles. The van der Waals surface area contributed by atoms with Gasteiger partial charge in [0.1, 0.15) is 5.38 Å². The average molecular weight is 151 g/mol. The van der Waals surface area contributed by atoms with Gasteiger partial charge in [0.2, 0.25) is 0 Å². The summed E-state index contributed by atoms with van der Waals surface area (Å²) in [5.74, 6) is -0.335. The van der Waals surface area contributed by atoms with Gasteiger partial charge < -0.3 is 4.74 Å². The molecule has 0 unspecified atom stereocenters. The number of hydrogen-bond donors (Lipinski definition) is 0. The Balaban J connectivity index is 3.28. The molecule has 0 rings (SSSR count). The molecule has 0 aliphatic rings. The fourth-order valence-electron chi connectivity index (χ4n) is 0.317. The van der Waals surface area contributed by atoms with Crippen molar-refractivity contribution in [3.05, 3.63) is 0 Å². The van der Waals surface area contributed by atoms with E-state index in [1.54, 1.807) is 6.92 Å². The molecule has 0 aromatic carbocycles. The molecule has 0 heterocycles. The second-order valence-electron chi connectivity index (χ2n) is 1.78. The van der Waals surface area contributed by atoms with Gasteiger partial charge in [-0.1, -0.05) is 6.92 Å². The topological polar surface area (TPSA) is 26.3 Å².